The fourth-order valence-corrected chi connectivity index (χ4v) is 2.53. The number of hydrogen-bond donors (Lipinski definition) is 0. The van der Waals surface area contributed by atoms with E-state index in [2.05, 4.69) is 4.98 Å². The van der Waals surface area contributed by atoms with E-state index in [9.17, 15) is 13.2 Å². The van der Waals surface area contributed by atoms with E-state index in [1.165, 1.54) is 0 Å². The smallest absolute Gasteiger partial charge is 0.435 e. The predicted octanol–water partition coefficient (Wildman–Crippen LogP) is 4.70. The first-order valence-electron chi connectivity index (χ1n) is 5.27. The molecule has 0 fully saturated rings. The first-order valence-corrected chi connectivity index (χ1v) is 6.87. The molecule has 0 aliphatic heterocycles. The van der Waals surface area contributed by atoms with Crippen LogP contribution in [0.4, 0.5) is 13.2 Å². The number of nitrogens with zero attached hydrogens (tertiary/aromatic N) is 1. The lowest BCUT2D eigenvalue weighted by atomic mass is 10.3. The largest absolute Gasteiger partial charge is 0.482 e. The van der Waals surface area contributed by atoms with Gasteiger partial charge in [-0.25, -0.2) is 4.98 Å². The highest BCUT2D eigenvalue weighted by Crippen LogP contribution is 2.36. The number of ether oxygens (including phenoxy) is 1. The minimum atomic E-state index is -4.57. The zero-order valence-electron chi connectivity index (χ0n) is 9.51. The van der Waals surface area contributed by atoms with Gasteiger partial charge in [0.05, 0.1) is 6.61 Å². The van der Waals surface area contributed by atoms with Gasteiger partial charge in [0.2, 0.25) is 5.05 Å². The Bertz CT molecular complexity index is 420. The lowest BCUT2D eigenvalue weighted by molar-refractivity contribution is -0.140. The molecule has 0 bridgehead atoms. The number of halogens is 4. The van der Waals surface area contributed by atoms with E-state index >= 15 is 0 Å². The molecule has 0 aromatic carbocycles. The third-order valence-electron chi connectivity index (χ3n) is 2.04. The first kappa shape index (κ1) is 15.7. The Balaban J connectivity index is 2.73. The van der Waals surface area contributed by atoms with E-state index < -0.39 is 11.9 Å². The van der Waals surface area contributed by atoms with Crippen LogP contribution in [-0.4, -0.2) is 16.6 Å². The Morgan fingerprint density at radius 1 is 1.44 bits per heavy atom. The topological polar surface area (TPSA) is 22.1 Å². The molecule has 102 valence electrons. The molecule has 2 nitrogen and oxygen atoms in total. The summed E-state index contributed by atoms with van der Waals surface area (Å²) in [7, 11) is 0. The van der Waals surface area contributed by atoms with E-state index in [1.807, 2.05) is 6.92 Å². The highest BCUT2D eigenvalue weighted by Gasteiger charge is 2.38. The van der Waals surface area contributed by atoms with E-state index in [0.717, 1.165) is 19.3 Å². The summed E-state index contributed by atoms with van der Waals surface area (Å²) in [6.45, 7) is 2.32. The molecule has 1 aromatic rings. The van der Waals surface area contributed by atoms with Crippen molar-refractivity contribution in [1.82, 2.24) is 4.98 Å². The minimum absolute atomic E-state index is 0.192. The summed E-state index contributed by atoms with van der Waals surface area (Å²) in [6.07, 6.45) is -1.88. The van der Waals surface area contributed by atoms with Crippen LogP contribution in [0.1, 0.15) is 36.8 Å². The maximum Gasteiger partial charge on any atom is 0.435 e. The van der Waals surface area contributed by atoms with Crippen molar-refractivity contribution in [3.05, 3.63) is 15.0 Å². The van der Waals surface area contributed by atoms with Gasteiger partial charge in [0.15, 0.2) is 10.2 Å². The van der Waals surface area contributed by atoms with E-state index in [-0.39, 0.29) is 14.4 Å². The zero-order chi connectivity index (χ0) is 13.8. The molecule has 0 saturated heterocycles. The molecule has 0 radical (unpaired) electrons. The molecule has 0 unspecified atom stereocenters. The van der Waals surface area contributed by atoms with Crippen LogP contribution in [0.15, 0.2) is 0 Å². The first-order chi connectivity index (χ1) is 8.36. The van der Waals surface area contributed by atoms with Gasteiger partial charge in [-0.3, -0.25) is 0 Å². The Morgan fingerprint density at radius 2 is 2.11 bits per heavy atom. The second kappa shape index (κ2) is 6.68. The molecular formula is C10H11ClF3NOS2. The molecule has 0 spiro atoms. The predicted molar refractivity (Wildman–Crippen MR) is 69.3 cm³/mol. The molecule has 0 atom stereocenters. The van der Waals surface area contributed by atoms with Crippen LogP contribution in [0, 0.1) is 0 Å². The van der Waals surface area contributed by atoms with Crippen molar-refractivity contribution in [3.8, 4) is 0 Å². The van der Waals surface area contributed by atoms with Crippen molar-refractivity contribution < 1.29 is 17.9 Å². The quantitative estimate of drug-likeness (QED) is 0.580. The average Bonchev–Trinajstić information content (AvgIpc) is 2.66. The van der Waals surface area contributed by atoms with Crippen molar-refractivity contribution in [2.75, 3.05) is 6.61 Å². The SMILES string of the molecule is CCCCCOC(=S)c1sc(Cl)nc1C(F)(F)F. The molecule has 8 heteroatoms. The lowest BCUT2D eigenvalue weighted by Gasteiger charge is -2.08. The van der Waals surface area contributed by atoms with Crippen LogP contribution in [0.2, 0.25) is 4.47 Å². The molecule has 1 heterocycles. The number of aromatic nitrogens is 1. The monoisotopic (exact) mass is 317 g/mol. The second-order valence-electron chi connectivity index (χ2n) is 3.49. The Hall–Kier alpha value is -0.400. The van der Waals surface area contributed by atoms with Gasteiger partial charge in [0.25, 0.3) is 0 Å². The Kier molecular flexibility index (Phi) is 5.81. The highest BCUT2D eigenvalue weighted by molar-refractivity contribution is 7.80. The maximum atomic E-state index is 12.6. The Morgan fingerprint density at radius 3 is 2.67 bits per heavy atom. The van der Waals surface area contributed by atoms with Gasteiger partial charge in [-0.2, -0.15) is 13.2 Å². The third-order valence-corrected chi connectivity index (χ3v) is 3.65. The molecule has 1 aromatic heterocycles. The highest BCUT2D eigenvalue weighted by atomic mass is 35.5. The van der Waals surface area contributed by atoms with Gasteiger partial charge in [0.1, 0.15) is 4.88 Å². The van der Waals surface area contributed by atoms with Crippen molar-refractivity contribution >= 4 is 40.2 Å². The fraction of sp³-hybridized carbons (Fsp3) is 0.600. The van der Waals surface area contributed by atoms with Crippen LogP contribution >= 0.6 is 35.2 Å². The summed E-state index contributed by atoms with van der Waals surface area (Å²) >= 11 is 11.0. The van der Waals surface area contributed by atoms with Gasteiger partial charge < -0.3 is 4.74 Å². The number of thiazole rings is 1. The van der Waals surface area contributed by atoms with Gasteiger partial charge >= 0.3 is 6.18 Å². The van der Waals surface area contributed by atoms with Crippen LogP contribution in [-0.2, 0) is 10.9 Å². The summed E-state index contributed by atoms with van der Waals surface area (Å²) in [6, 6.07) is 0. The van der Waals surface area contributed by atoms with Gasteiger partial charge in [-0.05, 0) is 18.6 Å². The summed E-state index contributed by atoms with van der Waals surface area (Å²) < 4.78 is 42.8. The fourth-order valence-electron chi connectivity index (χ4n) is 1.21. The van der Waals surface area contributed by atoms with Crippen LogP contribution in [0.3, 0.4) is 0 Å². The summed E-state index contributed by atoms with van der Waals surface area (Å²) in [4.78, 5) is 3.02. The van der Waals surface area contributed by atoms with Gasteiger partial charge in [-0.15, -0.1) is 0 Å². The molecule has 0 N–H and O–H groups in total. The van der Waals surface area contributed by atoms with E-state index in [0.29, 0.717) is 17.9 Å². The van der Waals surface area contributed by atoms with Crippen molar-refractivity contribution in [2.24, 2.45) is 0 Å². The van der Waals surface area contributed by atoms with Crippen LogP contribution in [0.5, 0.6) is 0 Å². The summed E-state index contributed by atoms with van der Waals surface area (Å²) in [5, 5.41) is -0.192. The number of thiocarbonyl (C=S) groups is 1. The normalized spacial score (nSPS) is 11.6. The lowest BCUT2D eigenvalue weighted by Crippen LogP contribution is -2.13. The van der Waals surface area contributed by atoms with Crippen LogP contribution in [0.25, 0.3) is 0 Å². The molecule has 18 heavy (non-hydrogen) atoms. The molecule has 1 rings (SSSR count). The summed E-state index contributed by atoms with van der Waals surface area (Å²) in [5.41, 5.74) is -1.07. The average molecular weight is 318 g/mol. The van der Waals surface area contributed by atoms with Gasteiger partial charge in [-0.1, -0.05) is 42.7 Å². The van der Waals surface area contributed by atoms with Gasteiger partial charge in [0, 0.05) is 0 Å². The second-order valence-corrected chi connectivity index (χ2v) is 5.44. The summed E-state index contributed by atoms with van der Waals surface area (Å²) in [5.74, 6) is 0. The zero-order valence-corrected chi connectivity index (χ0v) is 11.9. The number of rotatable bonds is 5. The minimum Gasteiger partial charge on any atom is -0.482 e. The van der Waals surface area contributed by atoms with E-state index in [1.54, 1.807) is 0 Å². The number of alkyl halides is 3. The molecule has 0 aliphatic carbocycles. The van der Waals surface area contributed by atoms with Crippen molar-refractivity contribution in [2.45, 2.75) is 32.4 Å². The van der Waals surface area contributed by atoms with E-state index in [4.69, 9.17) is 28.6 Å². The Labute approximate surface area is 117 Å². The maximum absolute atomic E-state index is 12.6. The van der Waals surface area contributed by atoms with Crippen LogP contribution < -0.4 is 0 Å². The number of hydrogen-bond acceptors (Lipinski definition) is 4. The molecule has 0 amide bonds. The molecule has 0 saturated carbocycles. The molecule has 0 aliphatic rings. The number of unbranched alkanes of at least 4 members (excludes halogenated alkanes) is 2. The van der Waals surface area contributed by atoms with Crippen molar-refractivity contribution in [1.29, 1.82) is 0 Å². The van der Waals surface area contributed by atoms with Crippen molar-refractivity contribution in [3.63, 3.8) is 0 Å². The standard InChI is InChI=1S/C10H11ClF3NOS2/c1-2-3-4-5-16-8(17)6-7(10(12,13)14)15-9(11)18-6/h2-5H2,1H3. The molecular weight excluding hydrogens is 307 g/mol. The third kappa shape index (κ3) is 4.37.